The molecular weight excluding hydrogens is 196 g/mol. The minimum Gasteiger partial charge on any atom is -0.481 e. The van der Waals surface area contributed by atoms with Gasteiger partial charge in [-0.25, -0.2) is 4.79 Å². The molecule has 0 bridgehead atoms. The Bertz CT molecular complexity index is 434. The maximum atomic E-state index is 10.5. The molecule has 4 heteroatoms. The molecule has 76 valence electrons. The van der Waals surface area contributed by atoms with E-state index in [1.54, 1.807) is 0 Å². The number of carbonyl (C=O) groups is 2. The van der Waals surface area contributed by atoms with Gasteiger partial charge in [0.2, 0.25) is 0 Å². The maximum Gasteiger partial charge on any atom is 0.335 e. The van der Waals surface area contributed by atoms with E-state index in [1.807, 2.05) is 0 Å². The van der Waals surface area contributed by atoms with E-state index < -0.39 is 11.9 Å². The number of benzene rings is 1. The summed E-state index contributed by atoms with van der Waals surface area (Å²) in [4.78, 5) is 20.7. The van der Waals surface area contributed by atoms with Gasteiger partial charge >= 0.3 is 11.9 Å². The Kier molecular flexibility index (Phi) is 3.47. The van der Waals surface area contributed by atoms with Gasteiger partial charge in [0.25, 0.3) is 0 Å². The second-order valence-electron chi connectivity index (χ2n) is 2.75. The zero-order chi connectivity index (χ0) is 11.3. The van der Waals surface area contributed by atoms with Crippen LogP contribution in [0.3, 0.4) is 0 Å². The second-order valence-corrected chi connectivity index (χ2v) is 2.75. The Morgan fingerprint density at radius 3 is 2.20 bits per heavy atom. The fourth-order valence-electron chi connectivity index (χ4n) is 0.918. The Labute approximate surface area is 86.2 Å². The van der Waals surface area contributed by atoms with Gasteiger partial charge in [-0.2, -0.15) is 0 Å². The molecule has 0 aliphatic carbocycles. The Hall–Kier alpha value is -2.28. The van der Waals surface area contributed by atoms with Gasteiger partial charge in [0.15, 0.2) is 0 Å². The van der Waals surface area contributed by atoms with Crippen molar-refractivity contribution in [3.05, 3.63) is 35.4 Å². The molecule has 0 fully saturated rings. The quantitative estimate of drug-likeness (QED) is 0.710. The van der Waals surface area contributed by atoms with Crippen LogP contribution in [0.4, 0.5) is 0 Å². The van der Waals surface area contributed by atoms with Crippen molar-refractivity contribution in [3.63, 3.8) is 0 Å². The van der Waals surface area contributed by atoms with Gasteiger partial charge in [-0.05, 0) is 24.3 Å². The minimum atomic E-state index is -1.000. The van der Waals surface area contributed by atoms with Crippen LogP contribution in [0.2, 0.25) is 0 Å². The van der Waals surface area contributed by atoms with Gasteiger partial charge < -0.3 is 10.2 Å². The molecule has 15 heavy (non-hydrogen) atoms. The van der Waals surface area contributed by atoms with Crippen LogP contribution in [0.15, 0.2) is 24.3 Å². The largest absolute Gasteiger partial charge is 0.481 e. The summed E-state index contributed by atoms with van der Waals surface area (Å²) in [5.41, 5.74) is 0.778. The van der Waals surface area contributed by atoms with Crippen molar-refractivity contribution in [2.24, 2.45) is 0 Å². The number of carboxylic acid groups (broad SMARTS) is 2. The summed E-state index contributed by atoms with van der Waals surface area (Å²) >= 11 is 0. The number of hydrogen-bond acceptors (Lipinski definition) is 2. The molecular formula is C11H8O4. The first kappa shape index (κ1) is 10.8. The van der Waals surface area contributed by atoms with Crippen LogP contribution in [0.25, 0.3) is 0 Å². The average Bonchev–Trinajstić information content (AvgIpc) is 2.18. The van der Waals surface area contributed by atoms with E-state index in [9.17, 15) is 9.59 Å². The summed E-state index contributed by atoms with van der Waals surface area (Å²) in [5, 5.41) is 16.9. The zero-order valence-corrected chi connectivity index (χ0v) is 7.73. The number of aliphatic carboxylic acids is 1. The van der Waals surface area contributed by atoms with Gasteiger partial charge in [-0.15, -0.1) is 0 Å². The normalized spacial score (nSPS) is 8.80. The lowest BCUT2D eigenvalue weighted by Gasteiger charge is -1.93. The van der Waals surface area contributed by atoms with Crippen molar-refractivity contribution in [1.82, 2.24) is 0 Å². The van der Waals surface area contributed by atoms with Crippen molar-refractivity contribution < 1.29 is 19.8 Å². The fourth-order valence-corrected chi connectivity index (χ4v) is 0.918. The van der Waals surface area contributed by atoms with Crippen LogP contribution >= 0.6 is 0 Å². The Balaban J connectivity index is 2.75. The van der Waals surface area contributed by atoms with Crippen molar-refractivity contribution in [2.75, 3.05) is 0 Å². The summed E-state index contributed by atoms with van der Waals surface area (Å²) < 4.78 is 0. The first-order valence-electron chi connectivity index (χ1n) is 4.13. The van der Waals surface area contributed by atoms with Crippen LogP contribution in [0, 0.1) is 11.8 Å². The van der Waals surface area contributed by atoms with Crippen LogP contribution < -0.4 is 0 Å². The van der Waals surface area contributed by atoms with Crippen LogP contribution in [0.5, 0.6) is 0 Å². The minimum absolute atomic E-state index is 0.179. The van der Waals surface area contributed by atoms with E-state index in [4.69, 9.17) is 10.2 Å². The third kappa shape index (κ3) is 3.53. The lowest BCUT2D eigenvalue weighted by molar-refractivity contribution is -0.135. The van der Waals surface area contributed by atoms with Gasteiger partial charge in [0.1, 0.15) is 6.42 Å². The van der Waals surface area contributed by atoms with Gasteiger partial charge in [0.05, 0.1) is 5.56 Å². The number of carboxylic acids is 2. The third-order valence-electron chi connectivity index (χ3n) is 1.60. The molecule has 0 heterocycles. The monoisotopic (exact) mass is 204 g/mol. The molecule has 0 saturated heterocycles. The first-order valence-corrected chi connectivity index (χ1v) is 4.13. The van der Waals surface area contributed by atoms with Gasteiger partial charge in [0, 0.05) is 5.56 Å². The molecule has 0 aliphatic rings. The highest BCUT2D eigenvalue weighted by Gasteiger charge is 1.99. The summed E-state index contributed by atoms with van der Waals surface area (Å²) in [6, 6.07) is 5.93. The summed E-state index contributed by atoms with van der Waals surface area (Å²) in [7, 11) is 0. The topological polar surface area (TPSA) is 74.6 Å². The molecule has 0 amide bonds. The van der Waals surface area contributed by atoms with Gasteiger partial charge in [-0.1, -0.05) is 11.8 Å². The molecule has 0 spiro atoms. The second kappa shape index (κ2) is 4.82. The van der Waals surface area contributed by atoms with E-state index in [-0.39, 0.29) is 12.0 Å². The standard InChI is InChI=1S/C11H8O4/c12-10(13)3-1-2-8-4-6-9(7-5-8)11(14)15/h4-7H,3H2,(H,12,13)(H,14,15). The van der Waals surface area contributed by atoms with E-state index in [1.165, 1.54) is 24.3 Å². The number of rotatable bonds is 2. The van der Waals surface area contributed by atoms with E-state index in [0.29, 0.717) is 5.56 Å². The van der Waals surface area contributed by atoms with Gasteiger partial charge in [-0.3, -0.25) is 4.79 Å². The molecule has 1 aromatic rings. The predicted molar refractivity (Wildman–Crippen MR) is 52.5 cm³/mol. The molecule has 0 aliphatic heterocycles. The fraction of sp³-hybridized carbons (Fsp3) is 0.0909. The van der Waals surface area contributed by atoms with Crippen LogP contribution in [0.1, 0.15) is 22.3 Å². The van der Waals surface area contributed by atoms with Crippen LogP contribution in [-0.4, -0.2) is 22.2 Å². The average molecular weight is 204 g/mol. The first-order chi connectivity index (χ1) is 7.09. The predicted octanol–water partition coefficient (Wildman–Crippen LogP) is 1.21. The third-order valence-corrected chi connectivity index (χ3v) is 1.60. The number of hydrogen-bond donors (Lipinski definition) is 2. The molecule has 0 saturated carbocycles. The Morgan fingerprint density at radius 2 is 1.73 bits per heavy atom. The lowest BCUT2D eigenvalue weighted by atomic mass is 10.1. The highest BCUT2D eigenvalue weighted by Crippen LogP contribution is 2.02. The molecule has 4 nitrogen and oxygen atoms in total. The zero-order valence-electron chi connectivity index (χ0n) is 7.73. The van der Waals surface area contributed by atoms with Crippen LogP contribution in [-0.2, 0) is 4.79 Å². The van der Waals surface area contributed by atoms with Crippen molar-refractivity contribution >= 4 is 11.9 Å². The molecule has 0 aromatic heterocycles. The summed E-state index contributed by atoms with van der Waals surface area (Å²) in [6.07, 6.45) is -0.222. The number of aromatic carboxylic acids is 1. The maximum absolute atomic E-state index is 10.5. The highest BCUT2D eigenvalue weighted by molar-refractivity contribution is 5.87. The SMILES string of the molecule is O=C(O)CC#Cc1ccc(C(=O)O)cc1. The molecule has 1 rings (SSSR count). The van der Waals surface area contributed by atoms with E-state index in [0.717, 1.165) is 0 Å². The van der Waals surface area contributed by atoms with E-state index in [2.05, 4.69) is 11.8 Å². The molecule has 0 unspecified atom stereocenters. The van der Waals surface area contributed by atoms with E-state index >= 15 is 0 Å². The molecule has 2 N–H and O–H groups in total. The smallest absolute Gasteiger partial charge is 0.335 e. The molecule has 0 atom stereocenters. The van der Waals surface area contributed by atoms with Crippen molar-refractivity contribution in [2.45, 2.75) is 6.42 Å². The molecule has 1 aromatic carbocycles. The summed E-state index contributed by atoms with van der Waals surface area (Å²) in [5.74, 6) is 3.09. The Morgan fingerprint density at radius 1 is 1.13 bits per heavy atom. The van der Waals surface area contributed by atoms with Crippen molar-refractivity contribution in [1.29, 1.82) is 0 Å². The van der Waals surface area contributed by atoms with Crippen molar-refractivity contribution in [3.8, 4) is 11.8 Å². The summed E-state index contributed by atoms with van der Waals surface area (Å²) in [6.45, 7) is 0. The molecule has 0 radical (unpaired) electrons. The highest BCUT2D eigenvalue weighted by atomic mass is 16.4. The lowest BCUT2D eigenvalue weighted by Crippen LogP contribution is -1.95.